The molecular weight excluding hydrogens is 280 g/mol. The highest BCUT2D eigenvalue weighted by Gasteiger charge is 2.58. The molecule has 2 bridgehead atoms. The van der Waals surface area contributed by atoms with Crippen LogP contribution in [-0.2, 0) is 9.47 Å². The zero-order chi connectivity index (χ0) is 13.9. The van der Waals surface area contributed by atoms with Gasteiger partial charge in [0, 0.05) is 5.92 Å². The molecule has 1 unspecified atom stereocenters. The second kappa shape index (κ2) is 4.13. The number of aromatic nitrogens is 4. The van der Waals surface area contributed by atoms with E-state index in [-0.39, 0.29) is 17.9 Å². The summed E-state index contributed by atoms with van der Waals surface area (Å²) in [5, 5.41) is 0.357. The maximum atomic E-state index is 6.30. The Bertz CT molecular complexity index is 675. The fraction of sp³-hybridized carbons (Fsp3) is 0.615. The van der Waals surface area contributed by atoms with Crippen LogP contribution in [0.5, 0.6) is 0 Å². The molecule has 2 fully saturated rings. The normalized spacial score (nSPS) is 36.0. The molecule has 6 nitrogen and oxygen atoms in total. The van der Waals surface area contributed by atoms with Crippen LogP contribution in [0.2, 0.25) is 5.15 Å². The molecule has 4 atom stereocenters. The molecule has 2 aromatic heterocycles. The lowest BCUT2D eigenvalue weighted by molar-refractivity contribution is -0.172. The quantitative estimate of drug-likeness (QED) is 0.795. The highest BCUT2D eigenvalue weighted by molar-refractivity contribution is 6.33. The average Bonchev–Trinajstić information content (AvgIpc) is 3.10. The number of halogens is 1. The predicted octanol–water partition coefficient (Wildman–Crippen LogP) is 2.19. The van der Waals surface area contributed by atoms with Gasteiger partial charge in [0.15, 0.2) is 17.0 Å². The second-order valence-corrected chi connectivity index (χ2v) is 5.84. The zero-order valence-corrected chi connectivity index (χ0v) is 12.0. The van der Waals surface area contributed by atoms with Crippen LogP contribution in [0.3, 0.4) is 0 Å². The maximum Gasteiger partial charge on any atom is 0.167 e. The predicted molar refractivity (Wildman–Crippen MR) is 72.4 cm³/mol. The Morgan fingerprint density at radius 1 is 1.45 bits per heavy atom. The van der Waals surface area contributed by atoms with Crippen molar-refractivity contribution in [1.82, 2.24) is 19.5 Å². The van der Waals surface area contributed by atoms with E-state index in [0.717, 1.165) is 6.42 Å². The third kappa shape index (κ3) is 1.44. The van der Waals surface area contributed by atoms with Gasteiger partial charge in [-0.15, -0.1) is 0 Å². The number of nitrogens with zero attached hydrogens (tertiary/aromatic N) is 4. The highest BCUT2D eigenvalue weighted by atomic mass is 35.5. The Morgan fingerprint density at radius 2 is 2.30 bits per heavy atom. The van der Waals surface area contributed by atoms with Gasteiger partial charge in [-0.25, -0.2) is 15.0 Å². The molecule has 0 spiro atoms. The van der Waals surface area contributed by atoms with Crippen LogP contribution < -0.4 is 0 Å². The fourth-order valence-corrected chi connectivity index (χ4v) is 3.50. The van der Waals surface area contributed by atoms with E-state index in [1.165, 1.54) is 6.33 Å². The Kier molecular flexibility index (Phi) is 2.58. The van der Waals surface area contributed by atoms with Gasteiger partial charge in [-0.2, -0.15) is 0 Å². The van der Waals surface area contributed by atoms with Gasteiger partial charge >= 0.3 is 0 Å². The summed E-state index contributed by atoms with van der Waals surface area (Å²) < 4.78 is 14.1. The number of hydrogen-bond donors (Lipinski definition) is 0. The van der Waals surface area contributed by atoms with Crippen molar-refractivity contribution >= 4 is 22.8 Å². The van der Waals surface area contributed by atoms with E-state index in [1.54, 1.807) is 6.33 Å². The van der Waals surface area contributed by atoms with Crippen LogP contribution in [0.25, 0.3) is 11.2 Å². The molecule has 0 aromatic carbocycles. The van der Waals surface area contributed by atoms with Crippen molar-refractivity contribution in [2.75, 3.05) is 6.61 Å². The zero-order valence-electron chi connectivity index (χ0n) is 11.3. The van der Waals surface area contributed by atoms with Gasteiger partial charge < -0.3 is 9.47 Å². The van der Waals surface area contributed by atoms with E-state index in [4.69, 9.17) is 21.1 Å². The van der Waals surface area contributed by atoms with Crippen molar-refractivity contribution in [2.45, 2.75) is 38.2 Å². The largest absolute Gasteiger partial charge is 0.370 e. The van der Waals surface area contributed by atoms with Crippen LogP contribution in [0.4, 0.5) is 0 Å². The number of fused-ring (bicyclic) bond motifs is 3. The van der Waals surface area contributed by atoms with E-state index in [9.17, 15) is 0 Å². The van der Waals surface area contributed by atoms with Gasteiger partial charge in [0.1, 0.15) is 17.9 Å². The Morgan fingerprint density at radius 3 is 3.05 bits per heavy atom. The lowest BCUT2D eigenvalue weighted by Gasteiger charge is -2.30. The molecule has 0 saturated carbocycles. The molecule has 2 aliphatic rings. The third-order valence-electron chi connectivity index (χ3n) is 4.67. The first kappa shape index (κ1) is 12.5. The molecule has 0 amide bonds. The molecule has 2 saturated heterocycles. The van der Waals surface area contributed by atoms with Crippen molar-refractivity contribution < 1.29 is 9.47 Å². The SMILES string of the molecule is CC[C@]12CO[C@@H](C1C)[C@H](n1cnc3c(Cl)ncnc31)O2. The first-order valence-electron chi connectivity index (χ1n) is 6.79. The van der Waals surface area contributed by atoms with Gasteiger partial charge in [0.25, 0.3) is 0 Å². The summed E-state index contributed by atoms with van der Waals surface area (Å²) in [6.07, 6.45) is 3.91. The minimum atomic E-state index is -0.199. The molecule has 4 rings (SSSR count). The minimum absolute atomic E-state index is 0.0288. The molecule has 0 N–H and O–H groups in total. The highest BCUT2D eigenvalue weighted by Crippen LogP contribution is 2.50. The molecule has 2 aromatic rings. The summed E-state index contributed by atoms with van der Waals surface area (Å²) in [4.78, 5) is 12.5. The first-order chi connectivity index (χ1) is 9.66. The molecule has 0 aliphatic carbocycles. The van der Waals surface area contributed by atoms with E-state index in [1.807, 2.05) is 4.57 Å². The van der Waals surface area contributed by atoms with Gasteiger partial charge in [0.2, 0.25) is 0 Å². The fourth-order valence-electron chi connectivity index (χ4n) is 3.32. The van der Waals surface area contributed by atoms with Gasteiger partial charge in [0.05, 0.1) is 18.5 Å². The first-order valence-corrected chi connectivity index (χ1v) is 7.16. The van der Waals surface area contributed by atoms with Crippen molar-refractivity contribution in [3.63, 3.8) is 0 Å². The van der Waals surface area contributed by atoms with Gasteiger partial charge in [-0.3, -0.25) is 4.57 Å². The van der Waals surface area contributed by atoms with Crippen LogP contribution in [0.15, 0.2) is 12.7 Å². The summed E-state index contributed by atoms with van der Waals surface area (Å²) >= 11 is 6.04. The second-order valence-electron chi connectivity index (χ2n) is 5.48. The van der Waals surface area contributed by atoms with Crippen LogP contribution in [-0.4, -0.2) is 37.8 Å². The third-order valence-corrected chi connectivity index (χ3v) is 4.94. The van der Waals surface area contributed by atoms with E-state index in [2.05, 4.69) is 28.8 Å². The van der Waals surface area contributed by atoms with Gasteiger partial charge in [-0.1, -0.05) is 25.4 Å². The summed E-state index contributed by atoms with van der Waals surface area (Å²) in [7, 11) is 0. The number of rotatable bonds is 2. The number of imidazole rings is 1. The summed E-state index contributed by atoms with van der Waals surface area (Å²) in [6.45, 7) is 4.98. The Balaban J connectivity index is 1.80. The molecule has 0 radical (unpaired) electrons. The smallest absolute Gasteiger partial charge is 0.167 e. The summed E-state index contributed by atoms with van der Waals surface area (Å²) in [6, 6.07) is 0. The maximum absolute atomic E-state index is 6.30. The minimum Gasteiger partial charge on any atom is -0.370 e. The lowest BCUT2D eigenvalue weighted by Crippen LogP contribution is -2.36. The number of hydrogen-bond acceptors (Lipinski definition) is 5. The van der Waals surface area contributed by atoms with Crippen molar-refractivity contribution in [1.29, 1.82) is 0 Å². The lowest BCUT2D eigenvalue weighted by atomic mass is 9.88. The Labute approximate surface area is 121 Å². The molecule has 7 heteroatoms. The standard InChI is InChI=1S/C13H15ClN4O2/c1-3-13-4-19-9(7(13)2)12(20-13)18-6-17-8-10(14)15-5-16-11(8)18/h5-7,9,12H,3-4H2,1-2H3/t7?,9-,12+,13-/m0/s1. The molecule has 106 valence electrons. The summed E-state index contributed by atoms with van der Waals surface area (Å²) in [5.74, 6) is 0.354. The van der Waals surface area contributed by atoms with E-state index < -0.39 is 0 Å². The monoisotopic (exact) mass is 294 g/mol. The topological polar surface area (TPSA) is 62.1 Å². The van der Waals surface area contributed by atoms with Crippen LogP contribution in [0.1, 0.15) is 26.5 Å². The average molecular weight is 295 g/mol. The molecule has 20 heavy (non-hydrogen) atoms. The molecule has 4 heterocycles. The van der Waals surface area contributed by atoms with Crippen LogP contribution >= 0.6 is 11.6 Å². The summed E-state index contributed by atoms with van der Waals surface area (Å²) in [5.41, 5.74) is 1.09. The Hall–Kier alpha value is -1.24. The van der Waals surface area contributed by atoms with E-state index >= 15 is 0 Å². The van der Waals surface area contributed by atoms with Crippen molar-refractivity contribution in [2.24, 2.45) is 5.92 Å². The van der Waals surface area contributed by atoms with Crippen molar-refractivity contribution in [3.05, 3.63) is 17.8 Å². The van der Waals surface area contributed by atoms with Gasteiger partial charge in [-0.05, 0) is 6.42 Å². The van der Waals surface area contributed by atoms with Crippen molar-refractivity contribution in [3.8, 4) is 0 Å². The molecular formula is C13H15ClN4O2. The van der Waals surface area contributed by atoms with Crippen LogP contribution in [0, 0.1) is 5.92 Å². The number of ether oxygens (including phenoxy) is 2. The molecule has 2 aliphatic heterocycles. The van der Waals surface area contributed by atoms with E-state index in [0.29, 0.717) is 28.8 Å².